The van der Waals surface area contributed by atoms with Gasteiger partial charge < -0.3 is 5.73 Å². The molecule has 4 heteroatoms. The molecule has 1 unspecified atom stereocenters. The van der Waals surface area contributed by atoms with Gasteiger partial charge in [-0.3, -0.25) is 0 Å². The van der Waals surface area contributed by atoms with Gasteiger partial charge in [0.2, 0.25) is 0 Å². The molecule has 3 nitrogen and oxygen atoms in total. The average molecular weight is 212 g/mol. The first-order valence-electron chi connectivity index (χ1n) is 3.22. The Labute approximate surface area is 72.5 Å². The molecule has 0 aromatic heterocycles. The van der Waals surface area contributed by atoms with Crippen molar-refractivity contribution in [3.05, 3.63) is 23.4 Å². The number of nitrogens with two attached hydrogens (primary N) is 1. The summed E-state index contributed by atoms with van der Waals surface area (Å²) >= 11 is 3.43. The van der Waals surface area contributed by atoms with Crippen molar-refractivity contribution >= 4 is 27.9 Å². The van der Waals surface area contributed by atoms with Gasteiger partial charge in [0.05, 0.1) is 16.8 Å². The molecule has 1 atom stereocenters. The van der Waals surface area contributed by atoms with Crippen LogP contribution in [0.1, 0.15) is 0 Å². The van der Waals surface area contributed by atoms with E-state index < -0.39 is 0 Å². The van der Waals surface area contributed by atoms with Crippen LogP contribution in [0.5, 0.6) is 0 Å². The monoisotopic (exact) mass is 211 g/mol. The van der Waals surface area contributed by atoms with Gasteiger partial charge in [-0.1, -0.05) is 15.9 Å². The van der Waals surface area contributed by atoms with Crippen LogP contribution in [0.4, 0.5) is 0 Å². The third-order valence-corrected chi connectivity index (χ3v) is 2.28. The van der Waals surface area contributed by atoms with Crippen molar-refractivity contribution in [1.82, 2.24) is 0 Å². The first kappa shape index (κ1) is 6.79. The van der Waals surface area contributed by atoms with Crippen LogP contribution in [-0.2, 0) is 0 Å². The Bertz CT molecular complexity index is 312. The average Bonchev–Trinajstić information content (AvgIpc) is 2.34. The van der Waals surface area contributed by atoms with Gasteiger partial charge in [-0.2, -0.15) is 10.2 Å². The van der Waals surface area contributed by atoms with E-state index in [4.69, 9.17) is 5.73 Å². The molecule has 0 aromatic carbocycles. The highest BCUT2D eigenvalue weighted by molar-refractivity contribution is 9.10. The second-order valence-electron chi connectivity index (χ2n) is 2.40. The molecule has 2 aliphatic rings. The summed E-state index contributed by atoms with van der Waals surface area (Å²) in [4.78, 5) is 0.116. The van der Waals surface area contributed by atoms with E-state index in [9.17, 15) is 0 Å². The van der Waals surface area contributed by atoms with Crippen molar-refractivity contribution in [1.29, 1.82) is 0 Å². The van der Waals surface area contributed by atoms with Gasteiger partial charge in [-0.25, -0.2) is 0 Å². The van der Waals surface area contributed by atoms with Crippen LogP contribution in [-0.4, -0.2) is 16.8 Å². The van der Waals surface area contributed by atoms with Gasteiger partial charge >= 0.3 is 0 Å². The Morgan fingerprint density at radius 3 is 3.18 bits per heavy atom. The standard InChI is InChI=1S/C7H6BrN3/c8-6-2-5(9)1-4-3-10-11-7(4)6/h1-3,6H,9H2. The van der Waals surface area contributed by atoms with E-state index in [0.29, 0.717) is 0 Å². The van der Waals surface area contributed by atoms with Crippen LogP contribution < -0.4 is 5.73 Å². The van der Waals surface area contributed by atoms with Crippen LogP contribution in [0.25, 0.3) is 0 Å². The van der Waals surface area contributed by atoms with Crippen LogP contribution >= 0.6 is 15.9 Å². The fourth-order valence-electron chi connectivity index (χ4n) is 1.08. The summed E-state index contributed by atoms with van der Waals surface area (Å²) in [7, 11) is 0. The Balaban J connectivity index is 2.46. The van der Waals surface area contributed by atoms with Crippen LogP contribution in [0, 0.1) is 0 Å². The minimum absolute atomic E-state index is 0.116. The van der Waals surface area contributed by atoms with Crippen molar-refractivity contribution in [3.8, 4) is 0 Å². The number of rotatable bonds is 0. The largest absolute Gasteiger partial charge is 0.399 e. The second-order valence-corrected chi connectivity index (χ2v) is 3.38. The first-order chi connectivity index (χ1) is 5.27. The highest BCUT2D eigenvalue weighted by Crippen LogP contribution is 2.20. The summed E-state index contributed by atoms with van der Waals surface area (Å²) in [6.45, 7) is 0. The van der Waals surface area contributed by atoms with Gasteiger partial charge in [-0.15, -0.1) is 0 Å². The van der Waals surface area contributed by atoms with Gasteiger partial charge in [0.25, 0.3) is 0 Å². The van der Waals surface area contributed by atoms with Crippen LogP contribution in [0.15, 0.2) is 33.6 Å². The molecule has 0 spiro atoms. The first-order valence-corrected chi connectivity index (χ1v) is 4.13. The Morgan fingerprint density at radius 2 is 2.36 bits per heavy atom. The van der Waals surface area contributed by atoms with Gasteiger partial charge in [0, 0.05) is 11.3 Å². The Kier molecular flexibility index (Phi) is 1.42. The molecule has 2 rings (SSSR count). The van der Waals surface area contributed by atoms with Gasteiger partial charge in [-0.05, 0) is 12.2 Å². The zero-order chi connectivity index (χ0) is 7.84. The number of halogens is 1. The van der Waals surface area contributed by atoms with E-state index in [0.717, 1.165) is 17.0 Å². The lowest BCUT2D eigenvalue weighted by Gasteiger charge is -2.11. The molecule has 1 aliphatic heterocycles. The molecule has 11 heavy (non-hydrogen) atoms. The molecular formula is C7H6BrN3. The topological polar surface area (TPSA) is 50.7 Å². The Hall–Kier alpha value is -0.900. The molecule has 56 valence electrons. The predicted octanol–water partition coefficient (Wildman–Crippen LogP) is 0.973. The third kappa shape index (κ3) is 1.03. The fraction of sp³-hybridized carbons (Fsp3) is 0.143. The maximum Gasteiger partial charge on any atom is 0.0895 e. The van der Waals surface area contributed by atoms with E-state index in [1.54, 1.807) is 6.21 Å². The van der Waals surface area contributed by atoms with Crippen molar-refractivity contribution in [2.75, 3.05) is 0 Å². The SMILES string of the molecule is NC1=CC(Br)C2=NN=CC2=C1. The van der Waals surface area contributed by atoms with Crippen molar-refractivity contribution in [2.45, 2.75) is 4.83 Å². The van der Waals surface area contributed by atoms with E-state index in [-0.39, 0.29) is 4.83 Å². The smallest absolute Gasteiger partial charge is 0.0895 e. The predicted molar refractivity (Wildman–Crippen MR) is 49.0 cm³/mol. The molecule has 0 saturated carbocycles. The minimum Gasteiger partial charge on any atom is -0.399 e. The van der Waals surface area contributed by atoms with E-state index >= 15 is 0 Å². The maximum atomic E-state index is 5.62. The van der Waals surface area contributed by atoms with E-state index in [1.807, 2.05) is 12.2 Å². The summed E-state index contributed by atoms with van der Waals surface area (Å²) < 4.78 is 0. The van der Waals surface area contributed by atoms with Gasteiger partial charge in [0.15, 0.2) is 0 Å². The van der Waals surface area contributed by atoms with E-state index in [2.05, 4.69) is 26.1 Å². The lowest BCUT2D eigenvalue weighted by Crippen LogP contribution is -2.19. The second kappa shape index (κ2) is 2.30. The number of alkyl halides is 1. The van der Waals surface area contributed by atoms with Crippen molar-refractivity contribution in [3.63, 3.8) is 0 Å². The highest BCUT2D eigenvalue weighted by Gasteiger charge is 2.21. The van der Waals surface area contributed by atoms with Crippen molar-refractivity contribution < 1.29 is 0 Å². The minimum atomic E-state index is 0.116. The summed E-state index contributed by atoms with van der Waals surface area (Å²) in [5, 5.41) is 7.73. The lowest BCUT2D eigenvalue weighted by molar-refractivity contribution is 1.24. The summed E-state index contributed by atoms with van der Waals surface area (Å²) in [5.41, 5.74) is 8.33. The molecule has 0 amide bonds. The molecule has 0 saturated heterocycles. The molecular weight excluding hydrogens is 206 g/mol. The number of allylic oxidation sites excluding steroid dienone is 3. The van der Waals surface area contributed by atoms with Crippen molar-refractivity contribution in [2.24, 2.45) is 15.9 Å². The molecule has 0 aromatic rings. The summed E-state index contributed by atoms with van der Waals surface area (Å²) in [6, 6.07) is 0. The van der Waals surface area contributed by atoms with Crippen LogP contribution in [0.2, 0.25) is 0 Å². The molecule has 0 radical (unpaired) electrons. The zero-order valence-electron chi connectivity index (χ0n) is 5.66. The van der Waals surface area contributed by atoms with E-state index in [1.165, 1.54) is 0 Å². The number of nitrogens with zero attached hydrogens (tertiary/aromatic N) is 2. The molecule has 0 bridgehead atoms. The Morgan fingerprint density at radius 1 is 1.55 bits per heavy atom. The summed E-state index contributed by atoms with van der Waals surface area (Å²) in [6.07, 6.45) is 5.48. The number of fused-ring (bicyclic) bond motifs is 1. The quantitative estimate of drug-likeness (QED) is 0.597. The highest BCUT2D eigenvalue weighted by atomic mass is 79.9. The fourth-order valence-corrected chi connectivity index (χ4v) is 1.74. The molecule has 1 heterocycles. The number of hydrogen-bond acceptors (Lipinski definition) is 3. The maximum absolute atomic E-state index is 5.62. The van der Waals surface area contributed by atoms with Gasteiger partial charge in [0.1, 0.15) is 0 Å². The molecule has 0 fully saturated rings. The van der Waals surface area contributed by atoms with Crippen LogP contribution in [0.3, 0.4) is 0 Å². The summed E-state index contributed by atoms with van der Waals surface area (Å²) in [5.74, 6) is 0. The zero-order valence-corrected chi connectivity index (χ0v) is 7.25. The molecule has 2 N–H and O–H groups in total. The third-order valence-electron chi connectivity index (χ3n) is 1.58. The molecule has 1 aliphatic carbocycles. The normalized spacial score (nSPS) is 27.4. The lowest BCUT2D eigenvalue weighted by atomic mass is 10.0. The number of hydrogen-bond donors (Lipinski definition) is 1.